The Hall–Kier alpha value is -3.92. The maximum Gasteiger partial charge on any atom is 0.271 e. The van der Waals surface area contributed by atoms with E-state index < -0.39 is 11.8 Å². The number of hydrogen-bond acceptors (Lipinski definition) is 5. The van der Waals surface area contributed by atoms with Crippen molar-refractivity contribution in [2.24, 2.45) is 0 Å². The molecule has 1 aliphatic heterocycles. The van der Waals surface area contributed by atoms with E-state index in [1.165, 1.54) is 13.1 Å². The van der Waals surface area contributed by atoms with Gasteiger partial charge in [0.25, 0.3) is 11.8 Å². The van der Waals surface area contributed by atoms with Gasteiger partial charge in [-0.25, -0.2) is 4.39 Å². The fourth-order valence-electron chi connectivity index (χ4n) is 3.14. The SMILES string of the molecule is CCOc1cc(/C=C2/C(=O)N(C)C(=O)C(C#N)=C2C)ccc1OCc1ccccc1F. The van der Waals surface area contributed by atoms with E-state index in [-0.39, 0.29) is 23.6 Å². The van der Waals surface area contributed by atoms with E-state index in [0.717, 1.165) is 4.90 Å². The zero-order valence-corrected chi connectivity index (χ0v) is 17.4. The van der Waals surface area contributed by atoms with E-state index in [9.17, 15) is 19.2 Å². The second-order valence-corrected chi connectivity index (χ2v) is 6.86. The monoisotopic (exact) mass is 420 g/mol. The van der Waals surface area contributed by atoms with Crippen LogP contribution in [0, 0.1) is 17.1 Å². The van der Waals surface area contributed by atoms with Gasteiger partial charge in [0, 0.05) is 18.2 Å². The molecule has 0 fully saturated rings. The quantitative estimate of drug-likeness (QED) is 0.521. The number of imide groups is 1. The zero-order chi connectivity index (χ0) is 22.5. The molecule has 0 aromatic heterocycles. The van der Waals surface area contributed by atoms with E-state index in [4.69, 9.17) is 9.47 Å². The van der Waals surface area contributed by atoms with Gasteiger partial charge in [0.15, 0.2) is 11.5 Å². The van der Waals surface area contributed by atoms with Crippen molar-refractivity contribution in [3.63, 3.8) is 0 Å². The lowest BCUT2D eigenvalue weighted by atomic mass is 9.94. The Kier molecular flexibility index (Phi) is 6.51. The van der Waals surface area contributed by atoms with Gasteiger partial charge in [-0.1, -0.05) is 24.3 Å². The largest absolute Gasteiger partial charge is 0.490 e. The van der Waals surface area contributed by atoms with Crippen LogP contribution in [-0.2, 0) is 16.2 Å². The minimum absolute atomic E-state index is 0.0337. The number of amides is 2. The highest BCUT2D eigenvalue weighted by Crippen LogP contribution is 2.32. The molecule has 0 aliphatic carbocycles. The minimum atomic E-state index is -0.617. The summed E-state index contributed by atoms with van der Waals surface area (Å²) in [7, 11) is 1.34. The van der Waals surface area contributed by atoms with E-state index in [2.05, 4.69) is 0 Å². The summed E-state index contributed by atoms with van der Waals surface area (Å²) in [5.41, 5.74) is 1.56. The fourth-order valence-corrected chi connectivity index (χ4v) is 3.14. The van der Waals surface area contributed by atoms with Crippen LogP contribution in [0.4, 0.5) is 4.39 Å². The molecule has 0 spiro atoms. The molecule has 0 bridgehead atoms. The first-order valence-corrected chi connectivity index (χ1v) is 9.65. The summed E-state index contributed by atoms with van der Waals surface area (Å²) >= 11 is 0. The first-order chi connectivity index (χ1) is 14.9. The van der Waals surface area contributed by atoms with Gasteiger partial charge in [-0.15, -0.1) is 0 Å². The predicted molar refractivity (Wildman–Crippen MR) is 112 cm³/mol. The standard InChI is InChI=1S/C24H21FN2O4/c1-4-30-22-12-16(9-10-21(22)31-14-17-7-5-6-8-20(17)25)11-18-15(2)19(13-26)24(29)27(3)23(18)28/h5-12H,4,14H2,1-3H3/b18-11+. The molecule has 31 heavy (non-hydrogen) atoms. The predicted octanol–water partition coefficient (Wildman–Crippen LogP) is 4.03. The van der Waals surface area contributed by atoms with Crippen LogP contribution in [0.2, 0.25) is 0 Å². The van der Waals surface area contributed by atoms with E-state index in [1.54, 1.807) is 49.4 Å². The molecular weight excluding hydrogens is 399 g/mol. The fraction of sp³-hybridized carbons (Fsp3) is 0.208. The Morgan fingerprint density at radius 1 is 1.10 bits per heavy atom. The Balaban J connectivity index is 1.94. The molecule has 158 valence electrons. The van der Waals surface area contributed by atoms with Crippen LogP contribution in [0.5, 0.6) is 11.5 Å². The number of carbonyl (C=O) groups is 2. The molecule has 1 heterocycles. The molecule has 2 aromatic rings. The van der Waals surface area contributed by atoms with Gasteiger partial charge in [-0.05, 0) is 49.3 Å². The highest BCUT2D eigenvalue weighted by Gasteiger charge is 2.32. The molecule has 2 aromatic carbocycles. The van der Waals surface area contributed by atoms with Crippen molar-refractivity contribution in [3.8, 4) is 17.6 Å². The third-order valence-corrected chi connectivity index (χ3v) is 4.86. The van der Waals surface area contributed by atoms with Crippen molar-refractivity contribution >= 4 is 17.9 Å². The molecule has 7 heteroatoms. The Morgan fingerprint density at radius 2 is 1.84 bits per heavy atom. The molecule has 0 unspecified atom stereocenters. The summed E-state index contributed by atoms with van der Waals surface area (Å²) in [6, 6.07) is 13.3. The lowest BCUT2D eigenvalue weighted by Crippen LogP contribution is -2.39. The van der Waals surface area contributed by atoms with Gasteiger partial charge >= 0.3 is 0 Å². The molecule has 0 radical (unpaired) electrons. The summed E-state index contributed by atoms with van der Waals surface area (Å²) in [6.07, 6.45) is 1.60. The number of nitrogens with zero attached hydrogens (tertiary/aromatic N) is 2. The van der Waals surface area contributed by atoms with E-state index >= 15 is 0 Å². The van der Waals surface area contributed by atoms with Crippen molar-refractivity contribution in [1.82, 2.24) is 4.90 Å². The molecular formula is C24H21FN2O4. The third-order valence-electron chi connectivity index (χ3n) is 4.86. The maximum absolute atomic E-state index is 13.9. The summed E-state index contributed by atoms with van der Waals surface area (Å²) in [5, 5.41) is 9.29. The van der Waals surface area contributed by atoms with E-state index in [1.807, 2.05) is 13.0 Å². The molecule has 0 atom stereocenters. The third kappa shape index (κ3) is 4.48. The second-order valence-electron chi connectivity index (χ2n) is 6.86. The Labute approximate surface area is 179 Å². The Morgan fingerprint density at radius 3 is 2.52 bits per heavy atom. The summed E-state index contributed by atoms with van der Waals surface area (Å²) in [4.78, 5) is 25.6. The smallest absolute Gasteiger partial charge is 0.271 e. The average Bonchev–Trinajstić information content (AvgIpc) is 2.76. The van der Waals surface area contributed by atoms with Gasteiger partial charge in [0.05, 0.1) is 6.61 Å². The van der Waals surface area contributed by atoms with Crippen molar-refractivity contribution in [1.29, 1.82) is 5.26 Å². The number of hydrogen-bond donors (Lipinski definition) is 0. The van der Waals surface area contributed by atoms with Gasteiger partial charge in [-0.3, -0.25) is 14.5 Å². The lowest BCUT2D eigenvalue weighted by molar-refractivity contribution is -0.138. The Bertz CT molecular complexity index is 1140. The number of ether oxygens (including phenoxy) is 2. The number of benzene rings is 2. The van der Waals surface area contributed by atoms with Crippen LogP contribution >= 0.6 is 0 Å². The molecule has 6 nitrogen and oxygen atoms in total. The highest BCUT2D eigenvalue weighted by molar-refractivity contribution is 6.19. The normalized spacial score (nSPS) is 15.3. The second kappa shape index (κ2) is 9.26. The number of likely N-dealkylation sites (N-methyl/N-ethyl adjacent to an activating group) is 1. The first-order valence-electron chi connectivity index (χ1n) is 9.65. The molecule has 0 saturated carbocycles. The topological polar surface area (TPSA) is 79.6 Å². The molecule has 0 N–H and O–H groups in total. The first kappa shape index (κ1) is 21.8. The number of rotatable bonds is 6. The summed E-state index contributed by atoms with van der Waals surface area (Å²) < 4.78 is 25.3. The van der Waals surface area contributed by atoms with Crippen molar-refractivity contribution in [2.45, 2.75) is 20.5 Å². The number of halogens is 1. The van der Waals surface area contributed by atoms with Crippen LogP contribution in [-0.4, -0.2) is 30.4 Å². The zero-order valence-electron chi connectivity index (χ0n) is 17.4. The van der Waals surface area contributed by atoms with E-state index in [0.29, 0.717) is 34.8 Å². The van der Waals surface area contributed by atoms with Crippen molar-refractivity contribution in [2.75, 3.05) is 13.7 Å². The van der Waals surface area contributed by atoms with Crippen LogP contribution in [0.3, 0.4) is 0 Å². The molecule has 3 rings (SSSR count). The van der Waals surface area contributed by atoms with Crippen molar-refractivity contribution in [3.05, 3.63) is 76.1 Å². The summed E-state index contributed by atoms with van der Waals surface area (Å²) in [5.74, 6) is -0.595. The van der Waals surface area contributed by atoms with Crippen LogP contribution in [0.1, 0.15) is 25.0 Å². The summed E-state index contributed by atoms with van der Waals surface area (Å²) in [6.45, 7) is 3.81. The minimum Gasteiger partial charge on any atom is -0.490 e. The maximum atomic E-state index is 13.9. The van der Waals surface area contributed by atoms with Crippen LogP contribution < -0.4 is 9.47 Å². The van der Waals surface area contributed by atoms with Gasteiger partial charge in [0.2, 0.25) is 0 Å². The van der Waals surface area contributed by atoms with Crippen molar-refractivity contribution < 1.29 is 23.5 Å². The van der Waals surface area contributed by atoms with Crippen LogP contribution in [0.15, 0.2) is 59.2 Å². The molecule has 2 amide bonds. The number of nitriles is 1. The van der Waals surface area contributed by atoms with Gasteiger partial charge in [-0.2, -0.15) is 5.26 Å². The molecule has 1 aliphatic rings. The number of carbonyl (C=O) groups excluding carboxylic acids is 2. The lowest BCUT2D eigenvalue weighted by Gasteiger charge is -2.23. The van der Waals surface area contributed by atoms with Crippen LogP contribution in [0.25, 0.3) is 6.08 Å². The van der Waals surface area contributed by atoms with Gasteiger partial charge in [0.1, 0.15) is 24.1 Å². The average molecular weight is 420 g/mol. The molecule has 0 saturated heterocycles. The highest BCUT2D eigenvalue weighted by atomic mass is 19.1. The van der Waals surface area contributed by atoms with Gasteiger partial charge < -0.3 is 9.47 Å².